The number of aliphatic hydroxyl groups excluding tert-OH is 2. The number of ether oxygens (including phenoxy) is 2. The molecule has 10 heteroatoms. The molecule has 1 fully saturated rings. The van der Waals surface area contributed by atoms with E-state index < -0.39 is 42.8 Å². The van der Waals surface area contributed by atoms with Crippen molar-refractivity contribution in [1.29, 1.82) is 0 Å². The van der Waals surface area contributed by atoms with E-state index in [1.165, 1.54) is 0 Å². The Bertz CT molecular complexity index is 561. The van der Waals surface area contributed by atoms with Crippen molar-refractivity contribution >= 4 is 11.9 Å². The van der Waals surface area contributed by atoms with E-state index in [1.807, 2.05) is 0 Å². The molecule has 2 heterocycles. The lowest BCUT2D eigenvalue weighted by Crippen LogP contribution is -2.39. The van der Waals surface area contributed by atoms with Crippen LogP contribution in [0, 0.1) is 0 Å². The summed E-state index contributed by atoms with van der Waals surface area (Å²) in [6.07, 6.45) is -3.51. The first-order valence-electron chi connectivity index (χ1n) is 5.76. The summed E-state index contributed by atoms with van der Waals surface area (Å²) in [4.78, 5) is 29.7. The number of nitrogens with two attached hydrogens (primary N) is 1. The summed E-state index contributed by atoms with van der Waals surface area (Å²) in [5, 5.41) is 19.3. The lowest BCUT2D eigenvalue weighted by molar-refractivity contribution is -0.153. The lowest BCUT2D eigenvalue weighted by Gasteiger charge is -2.18. The molecule has 0 spiro atoms. The third kappa shape index (κ3) is 2.61. The van der Waals surface area contributed by atoms with E-state index in [4.69, 9.17) is 15.2 Å². The van der Waals surface area contributed by atoms with Crippen LogP contribution >= 0.6 is 0 Å². The zero-order chi connectivity index (χ0) is 14.9. The molecule has 1 aliphatic heterocycles. The van der Waals surface area contributed by atoms with E-state index in [0.717, 1.165) is 17.8 Å². The Morgan fingerprint density at radius 2 is 2.35 bits per heavy atom. The molecule has 0 amide bonds. The van der Waals surface area contributed by atoms with Gasteiger partial charge in [0.2, 0.25) is 5.95 Å². The zero-order valence-corrected chi connectivity index (χ0v) is 10.5. The molecule has 0 aliphatic carbocycles. The van der Waals surface area contributed by atoms with Crippen molar-refractivity contribution in [3.63, 3.8) is 0 Å². The molecular weight excluding hydrogens is 272 g/mol. The van der Waals surface area contributed by atoms with Crippen LogP contribution in [0.1, 0.15) is 13.2 Å². The maximum atomic E-state index is 11.7. The van der Waals surface area contributed by atoms with Crippen molar-refractivity contribution in [2.75, 3.05) is 12.3 Å². The van der Waals surface area contributed by atoms with Gasteiger partial charge in [0.15, 0.2) is 12.3 Å². The summed E-state index contributed by atoms with van der Waals surface area (Å²) in [5.41, 5.74) is 4.48. The molecule has 1 aromatic rings. The van der Waals surface area contributed by atoms with Gasteiger partial charge in [0.25, 0.3) is 0 Å². The van der Waals surface area contributed by atoms with Crippen LogP contribution in [-0.4, -0.2) is 55.6 Å². The molecule has 0 radical (unpaired) electrons. The first-order chi connectivity index (χ1) is 9.43. The number of nitrogens with zero attached hydrogens (tertiary/aromatic N) is 3. The van der Waals surface area contributed by atoms with Crippen molar-refractivity contribution in [3.05, 3.63) is 16.8 Å². The predicted octanol–water partition coefficient (Wildman–Crippen LogP) is -2.60. The quantitative estimate of drug-likeness (QED) is 0.508. The third-order valence-corrected chi connectivity index (χ3v) is 2.81. The second-order valence-electron chi connectivity index (χ2n) is 4.22. The first-order valence-corrected chi connectivity index (χ1v) is 5.76. The Kier molecular flexibility index (Phi) is 3.97. The summed E-state index contributed by atoms with van der Waals surface area (Å²) in [6, 6.07) is 0. The second kappa shape index (κ2) is 5.53. The summed E-state index contributed by atoms with van der Waals surface area (Å²) in [6.45, 7) is 0.670. The molecule has 4 N–H and O–H groups in total. The highest BCUT2D eigenvalue weighted by Crippen LogP contribution is 2.30. The minimum Gasteiger partial charge on any atom is -0.457 e. The van der Waals surface area contributed by atoms with Gasteiger partial charge in [-0.15, -0.1) is 0 Å². The molecule has 4 atom stereocenters. The van der Waals surface area contributed by atoms with Gasteiger partial charge in [0.1, 0.15) is 18.5 Å². The number of anilines is 1. The molecule has 20 heavy (non-hydrogen) atoms. The number of hydrogen-bond acceptors (Lipinski definition) is 9. The van der Waals surface area contributed by atoms with Gasteiger partial charge in [-0.3, -0.25) is 9.36 Å². The van der Waals surface area contributed by atoms with Crippen molar-refractivity contribution < 1.29 is 24.5 Å². The average Bonchev–Trinajstić information content (AvgIpc) is 2.67. The fraction of sp³-hybridized carbons (Fsp3) is 0.600. The van der Waals surface area contributed by atoms with Gasteiger partial charge < -0.3 is 25.4 Å². The van der Waals surface area contributed by atoms with E-state index in [-0.39, 0.29) is 5.95 Å². The number of carbonyl (C=O) groups is 1. The van der Waals surface area contributed by atoms with Gasteiger partial charge in [-0.1, -0.05) is 0 Å². The number of hydrogen-bond donors (Lipinski definition) is 3. The number of rotatable bonds is 3. The normalized spacial score (nSPS) is 29.4. The van der Waals surface area contributed by atoms with Gasteiger partial charge in [-0.25, -0.2) is 9.78 Å². The molecule has 0 aromatic carbocycles. The van der Waals surface area contributed by atoms with Crippen molar-refractivity contribution in [2.45, 2.75) is 31.5 Å². The van der Waals surface area contributed by atoms with Crippen molar-refractivity contribution in [3.8, 4) is 0 Å². The smallest absolute Gasteiger partial charge is 0.354 e. The van der Waals surface area contributed by atoms with E-state index >= 15 is 0 Å². The predicted molar refractivity (Wildman–Crippen MR) is 63.3 cm³/mol. The molecule has 110 valence electrons. The van der Waals surface area contributed by atoms with Gasteiger partial charge in [-0.05, 0) is 0 Å². The molecule has 1 saturated heterocycles. The molecule has 0 saturated carbocycles. The van der Waals surface area contributed by atoms with Crippen LogP contribution in [-0.2, 0) is 14.3 Å². The summed E-state index contributed by atoms with van der Waals surface area (Å²) < 4.78 is 11.1. The minimum absolute atomic E-state index is 0.214. The highest BCUT2D eigenvalue weighted by molar-refractivity contribution is 5.66. The second-order valence-corrected chi connectivity index (χ2v) is 4.22. The van der Waals surface area contributed by atoms with Crippen LogP contribution in [0.4, 0.5) is 5.95 Å². The van der Waals surface area contributed by atoms with E-state index in [1.54, 1.807) is 0 Å². The number of aliphatic hydroxyl groups is 2. The summed E-state index contributed by atoms with van der Waals surface area (Å²) in [7, 11) is 0. The Morgan fingerprint density at radius 1 is 1.65 bits per heavy atom. The Balaban J connectivity index is 2.29. The fourth-order valence-corrected chi connectivity index (χ4v) is 1.96. The van der Waals surface area contributed by atoms with Crippen LogP contribution in [0.2, 0.25) is 0 Å². The number of aromatic nitrogens is 3. The SMILES string of the molecule is CC(=O)O[C@H]1[C@@H](O)[C@H](n2cnc(N)nc2=O)O[C@@H]1CO. The summed E-state index contributed by atoms with van der Waals surface area (Å²) in [5.74, 6) is -0.855. The molecule has 0 bridgehead atoms. The van der Waals surface area contributed by atoms with Crippen molar-refractivity contribution in [2.24, 2.45) is 0 Å². The van der Waals surface area contributed by atoms with Crippen molar-refractivity contribution in [1.82, 2.24) is 14.5 Å². The monoisotopic (exact) mass is 286 g/mol. The molecular formula is C10H14N4O6. The van der Waals surface area contributed by atoms with Gasteiger partial charge >= 0.3 is 11.7 Å². The fourth-order valence-electron chi connectivity index (χ4n) is 1.96. The van der Waals surface area contributed by atoms with Gasteiger partial charge in [0, 0.05) is 6.92 Å². The maximum Gasteiger partial charge on any atom is 0.354 e. The molecule has 2 rings (SSSR count). The lowest BCUT2D eigenvalue weighted by atomic mass is 10.1. The Hall–Kier alpha value is -2.04. The molecule has 1 aromatic heterocycles. The number of nitrogen functional groups attached to an aromatic ring is 1. The molecule has 1 aliphatic rings. The Labute approximate surface area is 112 Å². The Morgan fingerprint density at radius 3 is 2.90 bits per heavy atom. The van der Waals surface area contributed by atoms with E-state index in [2.05, 4.69) is 9.97 Å². The number of esters is 1. The molecule has 10 nitrogen and oxygen atoms in total. The van der Waals surface area contributed by atoms with Crippen LogP contribution in [0.5, 0.6) is 0 Å². The van der Waals surface area contributed by atoms with E-state index in [0.29, 0.717) is 0 Å². The number of carbonyl (C=O) groups excluding carboxylic acids is 1. The summed E-state index contributed by atoms with van der Waals surface area (Å²) >= 11 is 0. The standard InChI is InChI=1S/C10H14N4O6/c1-4(16)19-7-5(2-15)20-8(6(7)17)14-3-12-9(11)13-10(14)18/h3,5-8,15,17H,2H2,1H3,(H2,11,13,18)/t5-,6-,7-,8-/m1/s1. The van der Waals surface area contributed by atoms with Gasteiger partial charge in [0.05, 0.1) is 6.61 Å². The van der Waals surface area contributed by atoms with Gasteiger partial charge in [-0.2, -0.15) is 4.98 Å². The molecule has 0 unspecified atom stereocenters. The zero-order valence-electron chi connectivity index (χ0n) is 10.5. The largest absolute Gasteiger partial charge is 0.457 e. The van der Waals surface area contributed by atoms with Crippen LogP contribution in [0.15, 0.2) is 11.1 Å². The van der Waals surface area contributed by atoms with Crippen LogP contribution in [0.3, 0.4) is 0 Å². The third-order valence-electron chi connectivity index (χ3n) is 2.81. The highest BCUT2D eigenvalue weighted by atomic mass is 16.6. The first kappa shape index (κ1) is 14.4. The topological polar surface area (TPSA) is 150 Å². The highest BCUT2D eigenvalue weighted by Gasteiger charge is 2.47. The van der Waals surface area contributed by atoms with Crippen LogP contribution in [0.25, 0.3) is 0 Å². The van der Waals surface area contributed by atoms with Crippen LogP contribution < -0.4 is 11.4 Å². The maximum absolute atomic E-state index is 11.7. The minimum atomic E-state index is -1.35. The van der Waals surface area contributed by atoms with E-state index in [9.17, 15) is 19.8 Å². The average molecular weight is 286 g/mol.